The molecule has 1 saturated heterocycles. The van der Waals surface area contributed by atoms with Crippen molar-refractivity contribution >= 4 is 27.5 Å². The average molecular weight is 430 g/mol. The summed E-state index contributed by atoms with van der Waals surface area (Å²) in [5.41, 5.74) is 2.17. The quantitative estimate of drug-likeness (QED) is 0.601. The van der Waals surface area contributed by atoms with E-state index in [0.717, 1.165) is 17.5 Å². The molecule has 1 amide bonds. The minimum Gasteiger partial charge on any atom is -0.493 e. The van der Waals surface area contributed by atoms with E-state index < -0.39 is 9.84 Å². The lowest BCUT2D eigenvalue weighted by Gasteiger charge is -2.33. The van der Waals surface area contributed by atoms with Crippen LogP contribution in [0.5, 0.6) is 11.5 Å². The lowest BCUT2D eigenvalue weighted by molar-refractivity contribution is -0.132. The molecule has 0 aromatic heterocycles. The maximum absolute atomic E-state index is 12.9. The maximum atomic E-state index is 12.9. The first kappa shape index (κ1) is 22.9. The Labute approximate surface area is 172 Å². The molecule has 1 fully saturated rings. The van der Waals surface area contributed by atoms with Crippen LogP contribution >= 0.6 is 11.8 Å². The summed E-state index contributed by atoms with van der Waals surface area (Å²) in [7, 11) is 0.187. The summed E-state index contributed by atoms with van der Waals surface area (Å²) in [6.45, 7) is 6.02. The first-order chi connectivity index (χ1) is 13.2. The normalized spacial score (nSPS) is 19.2. The van der Waals surface area contributed by atoms with Gasteiger partial charge in [0.25, 0.3) is 0 Å². The van der Waals surface area contributed by atoms with Crippen LogP contribution in [0.2, 0.25) is 0 Å². The third-order valence-electron chi connectivity index (χ3n) is 5.28. The standard InChI is InChI=1S/C20H31NO5S2/c1-6-15(3)21(17-7-8-28(23,24)13-17)20(22)12-27-11-16-10-19(26-5)18(25-4)9-14(16)2/h9-10,15,17H,6-8,11-13H2,1-5H3/t15-,17+/m0/s1. The molecule has 1 heterocycles. The van der Waals surface area contributed by atoms with Gasteiger partial charge < -0.3 is 14.4 Å². The van der Waals surface area contributed by atoms with Crippen molar-refractivity contribution in [1.82, 2.24) is 4.90 Å². The summed E-state index contributed by atoms with van der Waals surface area (Å²) < 4.78 is 34.4. The second kappa shape index (κ2) is 9.87. The van der Waals surface area contributed by atoms with E-state index in [1.54, 1.807) is 19.1 Å². The predicted molar refractivity (Wildman–Crippen MR) is 114 cm³/mol. The van der Waals surface area contributed by atoms with Gasteiger partial charge in [0.05, 0.1) is 31.5 Å². The fourth-order valence-corrected chi connectivity index (χ4v) is 6.17. The molecule has 1 aliphatic heterocycles. The maximum Gasteiger partial charge on any atom is 0.233 e. The molecule has 28 heavy (non-hydrogen) atoms. The van der Waals surface area contributed by atoms with E-state index in [1.807, 2.05) is 32.9 Å². The van der Waals surface area contributed by atoms with Gasteiger partial charge in [-0.3, -0.25) is 4.79 Å². The molecule has 6 nitrogen and oxygen atoms in total. The number of aryl methyl sites for hydroxylation is 1. The van der Waals surface area contributed by atoms with Crippen molar-refractivity contribution in [2.45, 2.75) is 51.4 Å². The van der Waals surface area contributed by atoms with Crippen LogP contribution in [0.25, 0.3) is 0 Å². The molecule has 2 rings (SSSR count). The monoisotopic (exact) mass is 429 g/mol. The largest absolute Gasteiger partial charge is 0.493 e. The number of rotatable bonds is 9. The molecular formula is C20H31NO5S2. The van der Waals surface area contributed by atoms with Crippen molar-refractivity contribution in [1.29, 1.82) is 0 Å². The van der Waals surface area contributed by atoms with E-state index in [9.17, 15) is 13.2 Å². The van der Waals surface area contributed by atoms with Crippen LogP contribution in [-0.4, -0.2) is 62.8 Å². The molecule has 1 aromatic carbocycles. The van der Waals surface area contributed by atoms with E-state index in [2.05, 4.69) is 0 Å². The zero-order valence-electron chi connectivity index (χ0n) is 17.4. The van der Waals surface area contributed by atoms with Gasteiger partial charge in [0, 0.05) is 17.8 Å². The smallest absolute Gasteiger partial charge is 0.233 e. The van der Waals surface area contributed by atoms with Crippen LogP contribution in [0, 0.1) is 6.92 Å². The van der Waals surface area contributed by atoms with Crippen molar-refractivity contribution in [2.24, 2.45) is 0 Å². The van der Waals surface area contributed by atoms with Gasteiger partial charge in [0.1, 0.15) is 0 Å². The number of nitrogens with zero attached hydrogens (tertiary/aromatic N) is 1. The molecule has 0 spiro atoms. The number of hydrogen-bond donors (Lipinski definition) is 0. The first-order valence-corrected chi connectivity index (χ1v) is 12.5. The van der Waals surface area contributed by atoms with Crippen LogP contribution in [0.4, 0.5) is 0 Å². The molecule has 0 bridgehead atoms. The van der Waals surface area contributed by atoms with Crippen LogP contribution in [0.1, 0.15) is 37.8 Å². The van der Waals surface area contributed by atoms with Gasteiger partial charge in [-0.15, -0.1) is 11.8 Å². The van der Waals surface area contributed by atoms with Crippen LogP contribution in [0.15, 0.2) is 12.1 Å². The summed E-state index contributed by atoms with van der Waals surface area (Å²) in [5, 5.41) is 0. The molecule has 0 radical (unpaired) electrons. The van der Waals surface area contributed by atoms with Crippen LogP contribution in [0.3, 0.4) is 0 Å². The van der Waals surface area contributed by atoms with Gasteiger partial charge in [0.15, 0.2) is 21.3 Å². The summed E-state index contributed by atoms with van der Waals surface area (Å²) in [6.07, 6.45) is 1.35. The fraction of sp³-hybridized carbons (Fsp3) is 0.650. The highest BCUT2D eigenvalue weighted by Crippen LogP contribution is 2.32. The topological polar surface area (TPSA) is 72.9 Å². The SMILES string of the molecule is CC[C@H](C)N(C(=O)CSCc1cc(OC)c(OC)cc1C)[C@@H]1CCS(=O)(=O)C1. The Morgan fingerprint density at radius 2 is 1.93 bits per heavy atom. The molecule has 0 unspecified atom stereocenters. The Morgan fingerprint density at radius 3 is 2.46 bits per heavy atom. The van der Waals surface area contributed by atoms with Gasteiger partial charge in [0.2, 0.25) is 5.91 Å². The molecule has 0 N–H and O–H groups in total. The number of thioether (sulfide) groups is 1. The molecule has 0 aliphatic carbocycles. The molecule has 0 saturated carbocycles. The third-order valence-corrected chi connectivity index (χ3v) is 8.00. The summed E-state index contributed by atoms with van der Waals surface area (Å²) in [6, 6.07) is 3.72. The first-order valence-electron chi connectivity index (χ1n) is 9.53. The molecule has 8 heteroatoms. The molecule has 1 aliphatic rings. The number of methoxy groups -OCH3 is 2. The van der Waals surface area contributed by atoms with Crippen molar-refractivity contribution in [3.8, 4) is 11.5 Å². The van der Waals surface area contributed by atoms with E-state index in [-0.39, 0.29) is 29.5 Å². The Hall–Kier alpha value is -1.41. The van der Waals surface area contributed by atoms with Gasteiger partial charge >= 0.3 is 0 Å². The van der Waals surface area contributed by atoms with Crippen molar-refractivity contribution < 1.29 is 22.7 Å². The van der Waals surface area contributed by atoms with Crippen molar-refractivity contribution in [2.75, 3.05) is 31.5 Å². The Bertz CT molecular complexity index is 794. The minimum absolute atomic E-state index is 0.0135. The minimum atomic E-state index is -3.03. The summed E-state index contributed by atoms with van der Waals surface area (Å²) in [4.78, 5) is 14.7. The number of carbonyl (C=O) groups is 1. The van der Waals surface area contributed by atoms with Crippen molar-refractivity contribution in [3.63, 3.8) is 0 Å². The Kier molecular flexibility index (Phi) is 8.07. The molecule has 158 valence electrons. The predicted octanol–water partition coefficient (Wildman–Crippen LogP) is 3.06. The Morgan fingerprint density at radius 1 is 1.29 bits per heavy atom. The highest BCUT2D eigenvalue weighted by Gasteiger charge is 2.36. The fourth-order valence-electron chi connectivity index (χ4n) is 3.50. The second-order valence-corrected chi connectivity index (χ2v) is 10.5. The van der Waals surface area contributed by atoms with Gasteiger partial charge in [-0.1, -0.05) is 6.92 Å². The number of carbonyl (C=O) groups excluding carboxylic acids is 1. The van der Waals surface area contributed by atoms with E-state index in [1.165, 1.54) is 11.8 Å². The van der Waals surface area contributed by atoms with Crippen LogP contribution < -0.4 is 9.47 Å². The zero-order chi connectivity index (χ0) is 20.9. The summed E-state index contributed by atoms with van der Waals surface area (Å²) in [5.74, 6) is 2.64. The van der Waals surface area contributed by atoms with E-state index in [0.29, 0.717) is 29.4 Å². The highest BCUT2D eigenvalue weighted by molar-refractivity contribution is 7.99. The number of amides is 1. The molecule has 1 aromatic rings. The average Bonchev–Trinajstić information content (AvgIpc) is 3.01. The number of sulfone groups is 1. The lowest BCUT2D eigenvalue weighted by atomic mass is 10.1. The highest BCUT2D eigenvalue weighted by atomic mass is 32.2. The Balaban J connectivity index is 2.03. The molecule has 2 atom stereocenters. The number of benzene rings is 1. The van der Waals surface area contributed by atoms with Crippen LogP contribution in [-0.2, 0) is 20.4 Å². The second-order valence-electron chi connectivity index (χ2n) is 7.24. The lowest BCUT2D eigenvalue weighted by Crippen LogP contribution is -2.47. The number of hydrogen-bond acceptors (Lipinski definition) is 6. The zero-order valence-corrected chi connectivity index (χ0v) is 19.0. The van der Waals surface area contributed by atoms with Gasteiger partial charge in [-0.25, -0.2) is 8.42 Å². The van der Waals surface area contributed by atoms with Gasteiger partial charge in [-0.05, 0) is 49.9 Å². The third kappa shape index (κ3) is 5.56. The van der Waals surface area contributed by atoms with E-state index >= 15 is 0 Å². The summed E-state index contributed by atoms with van der Waals surface area (Å²) >= 11 is 1.54. The number of ether oxygens (including phenoxy) is 2. The molecular weight excluding hydrogens is 398 g/mol. The van der Waals surface area contributed by atoms with Crippen molar-refractivity contribution in [3.05, 3.63) is 23.3 Å². The van der Waals surface area contributed by atoms with E-state index in [4.69, 9.17) is 9.47 Å². The van der Waals surface area contributed by atoms with Gasteiger partial charge in [-0.2, -0.15) is 0 Å².